The topological polar surface area (TPSA) is 99.3 Å². The van der Waals surface area contributed by atoms with Gasteiger partial charge in [0.1, 0.15) is 11.9 Å². The molecule has 9 heteroatoms. The van der Waals surface area contributed by atoms with E-state index in [0.29, 0.717) is 12.5 Å². The van der Waals surface area contributed by atoms with E-state index in [1.165, 1.54) is 4.57 Å². The van der Waals surface area contributed by atoms with E-state index in [1.54, 1.807) is 18.3 Å². The molecule has 1 aliphatic heterocycles. The Morgan fingerprint density at radius 1 is 1.48 bits per heavy atom. The van der Waals surface area contributed by atoms with Crippen molar-refractivity contribution in [3.8, 4) is 0 Å². The van der Waals surface area contributed by atoms with Crippen LogP contribution in [-0.2, 0) is 30.9 Å². The number of ether oxygens (including phenoxy) is 1. The molecule has 1 radical (unpaired) electrons. The quantitative estimate of drug-likeness (QED) is 0.381. The third kappa shape index (κ3) is 6.27. The number of nitrogens with zero attached hydrogens (tertiary/aromatic N) is 2. The molecule has 2 N–H and O–H groups in total. The molecule has 0 amide bonds. The second-order valence-electron chi connectivity index (χ2n) is 8.13. The summed E-state index contributed by atoms with van der Waals surface area (Å²) in [6.07, 6.45) is 4.45. The summed E-state index contributed by atoms with van der Waals surface area (Å²) in [7, 11) is -1.96. The molecule has 1 aromatic rings. The van der Waals surface area contributed by atoms with Crippen LogP contribution in [0.25, 0.3) is 0 Å². The van der Waals surface area contributed by atoms with Gasteiger partial charge in [-0.2, -0.15) is 4.98 Å². The first kappa shape index (κ1) is 27.6. The minimum absolute atomic E-state index is 0. The molecule has 0 unspecified atom stereocenters. The van der Waals surface area contributed by atoms with E-state index in [0.717, 1.165) is 5.57 Å². The predicted molar refractivity (Wildman–Crippen MR) is 111 cm³/mol. The maximum atomic E-state index is 12.1. The van der Waals surface area contributed by atoms with E-state index in [4.69, 9.17) is 19.5 Å². The van der Waals surface area contributed by atoms with Gasteiger partial charge in [-0.1, -0.05) is 40.3 Å². The first-order chi connectivity index (χ1) is 13.0. The van der Waals surface area contributed by atoms with Gasteiger partial charge in [-0.25, -0.2) is 4.79 Å². The number of hydrogen-bond acceptors (Lipinski definition) is 5. The molecule has 0 saturated heterocycles. The molecule has 0 bridgehead atoms. The Morgan fingerprint density at radius 2 is 2.07 bits per heavy atom. The fraction of sp³-hybridized carbons (Fsp3) is 0.550. The summed E-state index contributed by atoms with van der Waals surface area (Å²) < 4.78 is 21.4. The van der Waals surface area contributed by atoms with E-state index in [-0.39, 0.29) is 34.0 Å². The Balaban J connectivity index is 0.00000253. The van der Waals surface area contributed by atoms with Gasteiger partial charge in [0.25, 0.3) is 0 Å². The van der Waals surface area contributed by atoms with Gasteiger partial charge >= 0.3 is 34.1 Å². The van der Waals surface area contributed by atoms with Gasteiger partial charge < -0.3 is 14.9 Å². The van der Waals surface area contributed by atoms with Crippen LogP contribution in [0, 0.1) is 12.6 Å². The maximum absolute atomic E-state index is 12.1. The molecule has 0 saturated carbocycles. The Morgan fingerprint density at radius 3 is 2.55 bits per heavy atom. The summed E-state index contributed by atoms with van der Waals surface area (Å²) >= 11 is 0. The fourth-order valence-electron chi connectivity index (χ4n) is 2.82. The van der Waals surface area contributed by atoms with Crippen molar-refractivity contribution < 1.29 is 30.9 Å². The van der Waals surface area contributed by atoms with Gasteiger partial charge in [0, 0.05) is 6.20 Å². The molecule has 159 valence electrons. The first-order valence-corrected chi connectivity index (χ1v) is 12.1. The summed E-state index contributed by atoms with van der Waals surface area (Å²) in [5.74, 6) is 0.718. The van der Waals surface area contributed by atoms with Crippen molar-refractivity contribution in [2.24, 2.45) is 5.92 Å². The van der Waals surface area contributed by atoms with Crippen molar-refractivity contribution in [1.82, 2.24) is 9.55 Å². The molecule has 2 heterocycles. The Kier molecular flexibility index (Phi) is 10.5. The molecule has 7 nitrogen and oxygen atoms in total. The van der Waals surface area contributed by atoms with E-state index < -0.39 is 20.2 Å². The molecule has 0 aliphatic carbocycles. The molecule has 1 aromatic heterocycles. The van der Waals surface area contributed by atoms with Crippen LogP contribution in [0.15, 0.2) is 41.4 Å². The van der Waals surface area contributed by atoms with E-state index >= 15 is 0 Å². The Labute approximate surface area is 184 Å². The number of rotatable bonds is 7. The second kappa shape index (κ2) is 11.1. The molecule has 0 aromatic carbocycles. The van der Waals surface area contributed by atoms with Crippen LogP contribution in [0.1, 0.15) is 33.9 Å². The Bertz CT molecular complexity index is 802. The normalized spacial score (nSPS) is 19.0. The average molecular weight is 461 g/mol. The van der Waals surface area contributed by atoms with Gasteiger partial charge in [-0.3, -0.25) is 4.57 Å². The van der Waals surface area contributed by atoms with Crippen LogP contribution in [0.5, 0.6) is 0 Å². The second-order valence-corrected chi connectivity index (χ2v) is 12.7. The molecule has 2 atom stereocenters. The standard InChI is InChI=1S/C19H31N3O3Si.CO.Fe/c1-8-14-11-17(22-10-9-16(20)21-18(22)23)25-15(14)12-24-26(6,7)19(4,5)13(2)3;1-2;/h8-11,13,15,17H,1,12H2,2-7H3,(H2,20,21,23);;/q;;+3/t15-,17-;;/m1../s1. The zero-order chi connectivity index (χ0) is 21.7. The first-order valence-electron chi connectivity index (χ1n) is 9.18. The van der Waals surface area contributed by atoms with Crippen molar-refractivity contribution >= 4 is 14.1 Å². The van der Waals surface area contributed by atoms with E-state index in [2.05, 4.69) is 59.0 Å². The van der Waals surface area contributed by atoms with Crippen LogP contribution in [0.2, 0.25) is 18.1 Å². The number of nitrogens with two attached hydrogens (primary N) is 1. The van der Waals surface area contributed by atoms with Crippen LogP contribution in [0.3, 0.4) is 0 Å². The van der Waals surface area contributed by atoms with Gasteiger partial charge in [0.05, 0.1) is 6.61 Å². The molecule has 29 heavy (non-hydrogen) atoms. The minimum atomic E-state index is -1.96. The molecule has 0 spiro atoms. The minimum Gasteiger partial charge on any atom is 3.00 e. The fourth-order valence-corrected chi connectivity index (χ4v) is 5.15. The largest absolute Gasteiger partial charge is 3.00 e. The summed E-state index contributed by atoms with van der Waals surface area (Å²) in [4.78, 5) is 15.8. The van der Waals surface area contributed by atoms with Crippen LogP contribution < -0.4 is 11.4 Å². The number of hydrogen-bond donors (Lipinski definition) is 1. The molecular formula is C20H31FeN3O4Si+3. The SMILES string of the molecule is C=CC1=C[C@H](n2ccc(N)nc2=O)O[C@@H]1CO[Si](C)(C)C(C)(C)C(C)C.[C-]#[O+].[Fe+3]. The van der Waals surface area contributed by atoms with Crippen LogP contribution in [-0.4, -0.2) is 30.6 Å². The molecule has 2 rings (SSSR count). The van der Waals surface area contributed by atoms with Crippen molar-refractivity contribution in [2.45, 2.75) is 58.2 Å². The monoisotopic (exact) mass is 461 g/mol. The molecular weight excluding hydrogens is 430 g/mol. The van der Waals surface area contributed by atoms with Crippen LogP contribution >= 0.6 is 0 Å². The number of anilines is 1. The van der Waals surface area contributed by atoms with Gasteiger partial charge in [0.15, 0.2) is 14.5 Å². The Hall–Kier alpha value is -1.44. The summed E-state index contributed by atoms with van der Waals surface area (Å²) in [5.41, 5.74) is 6.04. The van der Waals surface area contributed by atoms with E-state index in [1.807, 2.05) is 6.08 Å². The zero-order valence-electron chi connectivity index (χ0n) is 17.9. The van der Waals surface area contributed by atoms with Crippen molar-refractivity contribution in [3.63, 3.8) is 0 Å². The number of nitrogen functional groups attached to an aromatic ring is 1. The molecule has 1 aliphatic rings. The smallest absolute Gasteiger partial charge is 3.00 e. The van der Waals surface area contributed by atoms with Crippen molar-refractivity contribution in [1.29, 1.82) is 0 Å². The third-order valence-electron chi connectivity index (χ3n) is 5.96. The maximum Gasteiger partial charge on any atom is 3.00 e. The van der Waals surface area contributed by atoms with Crippen LogP contribution in [0.4, 0.5) is 5.82 Å². The number of aromatic nitrogens is 2. The summed E-state index contributed by atoms with van der Waals surface area (Å²) in [6, 6.07) is 1.58. The van der Waals surface area contributed by atoms with Crippen molar-refractivity contribution in [3.05, 3.63) is 53.7 Å². The summed E-state index contributed by atoms with van der Waals surface area (Å²) in [5, 5.41) is 0.126. The molecule has 0 fully saturated rings. The van der Waals surface area contributed by atoms with Crippen molar-refractivity contribution in [2.75, 3.05) is 12.3 Å². The zero-order valence-corrected chi connectivity index (χ0v) is 20.0. The van der Waals surface area contributed by atoms with Gasteiger partial charge in [-0.05, 0) is 41.8 Å². The van der Waals surface area contributed by atoms with Gasteiger partial charge in [-0.15, -0.1) is 0 Å². The third-order valence-corrected chi connectivity index (χ3v) is 10.5. The van der Waals surface area contributed by atoms with Gasteiger partial charge in [0.2, 0.25) is 0 Å². The predicted octanol–water partition coefficient (Wildman–Crippen LogP) is 3.45. The summed E-state index contributed by atoms with van der Waals surface area (Å²) in [6.45, 7) is 22.3. The average Bonchev–Trinajstić information content (AvgIpc) is 3.04. The van der Waals surface area contributed by atoms with E-state index in [9.17, 15) is 4.79 Å².